The van der Waals surface area contributed by atoms with Gasteiger partial charge in [-0.25, -0.2) is 4.79 Å². The van der Waals surface area contributed by atoms with Gasteiger partial charge in [0.25, 0.3) is 5.91 Å². The van der Waals surface area contributed by atoms with E-state index >= 15 is 0 Å². The van der Waals surface area contributed by atoms with Crippen LogP contribution in [0.4, 0.5) is 5.13 Å². The lowest BCUT2D eigenvalue weighted by atomic mass is 10.1. The normalized spacial score (nSPS) is 10.2. The quantitative estimate of drug-likeness (QED) is 0.738. The topological polar surface area (TPSA) is 81.2 Å². The SMILES string of the molecule is COC(=O)c1cccc(C(=O)Nc2nnc(-c3ccccc3)s2)c1. The third-order valence-electron chi connectivity index (χ3n) is 3.21. The van der Waals surface area contributed by atoms with Crippen LogP contribution in [0.15, 0.2) is 54.6 Å². The van der Waals surface area contributed by atoms with Gasteiger partial charge in [0.15, 0.2) is 0 Å². The summed E-state index contributed by atoms with van der Waals surface area (Å²) < 4.78 is 4.65. The largest absolute Gasteiger partial charge is 0.465 e. The summed E-state index contributed by atoms with van der Waals surface area (Å²) in [5.74, 6) is -0.858. The highest BCUT2D eigenvalue weighted by Crippen LogP contribution is 2.26. The Morgan fingerprint density at radius 3 is 2.50 bits per heavy atom. The highest BCUT2D eigenvalue weighted by molar-refractivity contribution is 7.18. The van der Waals surface area contributed by atoms with Crippen molar-refractivity contribution in [3.8, 4) is 10.6 Å². The van der Waals surface area contributed by atoms with E-state index in [1.54, 1.807) is 18.2 Å². The van der Waals surface area contributed by atoms with E-state index in [2.05, 4.69) is 20.3 Å². The molecule has 1 amide bonds. The number of rotatable bonds is 4. The van der Waals surface area contributed by atoms with E-state index in [0.717, 1.165) is 5.56 Å². The number of nitrogens with one attached hydrogen (secondary N) is 1. The Bertz CT molecular complexity index is 878. The number of hydrogen-bond donors (Lipinski definition) is 1. The molecular weight excluding hydrogens is 326 g/mol. The van der Waals surface area contributed by atoms with Crippen LogP contribution in [0, 0.1) is 0 Å². The van der Waals surface area contributed by atoms with Crippen LogP contribution in [0.1, 0.15) is 20.7 Å². The van der Waals surface area contributed by atoms with Crippen molar-refractivity contribution in [2.45, 2.75) is 0 Å². The summed E-state index contributed by atoms with van der Waals surface area (Å²) >= 11 is 1.28. The zero-order valence-electron chi connectivity index (χ0n) is 12.7. The maximum Gasteiger partial charge on any atom is 0.337 e. The molecule has 0 saturated carbocycles. The molecule has 2 aromatic carbocycles. The highest BCUT2D eigenvalue weighted by atomic mass is 32.1. The van der Waals surface area contributed by atoms with Gasteiger partial charge < -0.3 is 4.74 Å². The number of carbonyl (C=O) groups excluding carboxylic acids is 2. The van der Waals surface area contributed by atoms with E-state index in [9.17, 15) is 9.59 Å². The van der Waals surface area contributed by atoms with Gasteiger partial charge in [-0.05, 0) is 18.2 Å². The van der Waals surface area contributed by atoms with Gasteiger partial charge in [0, 0.05) is 11.1 Å². The Hall–Kier alpha value is -3.06. The number of benzene rings is 2. The lowest BCUT2D eigenvalue weighted by molar-refractivity contribution is 0.0600. The zero-order chi connectivity index (χ0) is 16.9. The van der Waals surface area contributed by atoms with Gasteiger partial charge in [-0.15, -0.1) is 10.2 Å². The lowest BCUT2D eigenvalue weighted by Crippen LogP contribution is -2.13. The maximum absolute atomic E-state index is 12.3. The molecule has 1 heterocycles. The van der Waals surface area contributed by atoms with E-state index in [-0.39, 0.29) is 5.91 Å². The van der Waals surface area contributed by atoms with E-state index in [1.807, 2.05) is 30.3 Å². The molecule has 120 valence electrons. The molecule has 0 aliphatic rings. The van der Waals surface area contributed by atoms with Crippen molar-refractivity contribution >= 4 is 28.3 Å². The third kappa shape index (κ3) is 3.47. The van der Waals surface area contributed by atoms with Gasteiger partial charge in [0.05, 0.1) is 12.7 Å². The minimum Gasteiger partial charge on any atom is -0.465 e. The second-order valence-corrected chi connectivity index (χ2v) is 5.78. The summed E-state index contributed by atoms with van der Waals surface area (Å²) in [7, 11) is 1.29. The van der Waals surface area contributed by atoms with Crippen molar-refractivity contribution in [2.75, 3.05) is 12.4 Å². The summed E-state index contributed by atoms with van der Waals surface area (Å²) in [6, 6.07) is 15.9. The number of methoxy groups -OCH3 is 1. The van der Waals surface area contributed by atoms with Gasteiger partial charge in [-0.3, -0.25) is 10.1 Å². The first-order valence-electron chi connectivity index (χ1n) is 7.06. The number of esters is 1. The van der Waals surface area contributed by atoms with Gasteiger partial charge in [0.2, 0.25) is 5.13 Å². The predicted octanol–water partition coefficient (Wildman–Crippen LogP) is 3.24. The van der Waals surface area contributed by atoms with Gasteiger partial charge in [-0.2, -0.15) is 0 Å². The molecule has 3 aromatic rings. The minimum absolute atomic E-state index is 0.312. The Morgan fingerprint density at radius 2 is 1.75 bits per heavy atom. The molecule has 0 atom stereocenters. The Morgan fingerprint density at radius 1 is 1.00 bits per heavy atom. The van der Waals surface area contributed by atoms with Crippen LogP contribution in [0.25, 0.3) is 10.6 Å². The first kappa shape index (κ1) is 15.8. The van der Waals surface area contributed by atoms with Crippen molar-refractivity contribution in [2.24, 2.45) is 0 Å². The van der Waals surface area contributed by atoms with E-state index in [4.69, 9.17) is 0 Å². The fourth-order valence-corrected chi connectivity index (χ4v) is 2.79. The molecule has 0 bridgehead atoms. The molecule has 0 radical (unpaired) electrons. The van der Waals surface area contributed by atoms with Crippen LogP contribution < -0.4 is 5.32 Å². The summed E-state index contributed by atoms with van der Waals surface area (Å²) in [6.07, 6.45) is 0. The molecule has 7 heteroatoms. The fourth-order valence-electron chi connectivity index (χ4n) is 2.05. The highest BCUT2D eigenvalue weighted by Gasteiger charge is 2.13. The fraction of sp³-hybridized carbons (Fsp3) is 0.0588. The second-order valence-electron chi connectivity index (χ2n) is 4.80. The van der Waals surface area contributed by atoms with E-state index < -0.39 is 5.97 Å². The van der Waals surface area contributed by atoms with Crippen LogP contribution in [-0.4, -0.2) is 29.2 Å². The standard InChI is InChI=1S/C17H13N3O3S/c1-23-16(22)13-9-5-8-12(10-13)14(21)18-17-20-19-15(24-17)11-6-3-2-4-7-11/h2-10H,1H3,(H,18,20,21). The van der Waals surface area contributed by atoms with Gasteiger partial charge >= 0.3 is 5.97 Å². The van der Waals surface area contributed by atoms with Crippen molar-refractivity contribution in [1.29, 1.82) is 0 Å². The van der Waals surface area contributed by atoms with Crippen LogP contribution in [0.2, 0.25) is 0 Å². The molecule has 3 rings (SSSR count). The van der Waals surface area contributed by atoms with E-state index in [1.165, 1.54) is 24.5 Å². The molecule has 0 aliphatic heterocycles. The first-order chi connectivity index (χ1) is 11.7. The number of nitrogens with zero attached hydrogens (tertiary/aromatic N) is 2. The Balaban J connectivity index is 1.76. The molecule has 0 fully saturated rings. The molecule has 0 aliphatic carbocycles. The number of hydrogen-bond acceptors (Lipinski definition) is 6. The van der Waals surface area contributed by atoms with Crippen LogP contribution in [-0.2, 0) is 4.74 Å². The Labute approximate surface area is 142 Å². The monoisotopic (exact) mass is 339 g/mol. The van der Waals surface area contributed by atoms with Crippen molar-refractivity contribution in [3.05, 3.63) is 65.7 Å². The third-order valence-corrected chi connectivity index (χ3v) is 4.10. The van der Waals surface area contributed by atoms with Crippen LogP contribution in [0.3, 0.4) is 0 Å². The molecule has 6 nitrogen and oxygen atoms in total. The molecule has 1 aromatic heterocycles. The van der Waals surface area contributed by atoms with Crippen molar-refractivity contribution in [3.63, 3.8) is 0 Å². The summed E-state index contributed by atoms with van der Waals surface area (Å²) in [5, 5.41) is 11.8. The van der Waals surface area contributed by atoms with Gasteiger partial charge in [-0.1, -0.05) is 47.7 Å². The summed E-state index contributed by atoms with van der Waals surface area (Å²) in [6.45, 7) is 0. The molecule has 0 unspecified atom stereocenters. The predicted molar refractivity (Wildman–Crippen MR) is 91.1 cm³/mol. The average Bonchev–Trinajstić information content (AvgIpc) is 3.10. The zero-order valence-corrected chi connectivity index (χ0v) is 13.5. The van der Waals surface area contributed by atoms with Crippen molar-refractivity contribution in [1.82, 2.24) is 10.2 Å². The van der Waals surface area contributed by atoms with Crippen LogP contribution in [0.5, 0.6) is 0 Å². The smallest absolute Gasteiger partial charge is 0.337 e. The number of aromatic nitrogens is 2. The molecule has 0 spiro atoms. The van der Waals surface area contributed by atoms with Crippen molar-refractivity contribution < 1.29 is 14.3 Å². The molecule has 1 N–H and O–H groups in total. The van der Waals surface area contributed by atoms with Crippen LogP contribution >= 0.6 is 11.3 Å². The number of carbonyl (C=O) groups is 2. The average molecular weight is 339 g/mol. The molecule has 24 heavy (non-hydrogen) atoms. The number of ether oxygens (including phenoxy) is 1. The van der Waals surface area contributed by atoms with Gasteiger partial charge in [0.1, 0.15) is 5.01 Å². The minimum atomic E-state index is -0.494. The maximum atomic E-state index is 12.3. The lowest BCUT2D eigenvalue weighted by Gasteiger charge is -2.03. The number of anilines is 1. The van der Waals surface area contributed by atoms with E-state index in [0.29, 0.717) is 21.3 Å². The molecular formula is C17H13N3O3S. The summed E-state index contributed by atoms with van der Waals surface area (Å²) in [5.41, 5.74) is 1.59. The first-order valence-corrected chi connectivity index (χ1v) is 7.87. The number of amides is 1. The summed E-state index contributed by atoms with van der Waals surface area (Å²) in [4.78, 5) is 23.8. The molecule has 0 saturated heterocycles. The second kappa shape index (κ2) is 7.01. The Kier molecular flexibility index (Phi) is 4.62.